The number of likely N-dealkylation sites (N-methyl/N-ethyl adjacent to an activating group) is 1. The summed E-state index contributed by atoms with van der Waals surface area (Å²) in [4.78, 5) is 33.9. The number of hydrogen-bond acceptors (Lipinski definition) is 6. The van der Waals surface area contributed by atoms with Gasteiger partial charge in [0.05, 0.1) is 29.0 Å². The summed E-state index contributed by atoms with van der Waals surface area (Å²) in [6.07, 6.45) is 7.02. The maximum absolute atomic E-state index is 12.8. The molecule has 1 saturated heterocycles. The van der Waals surface area contributed by atoms with Crippen LogP contribution < -0.4 is 5.32 Å². The number of piperazine rings is 1. The van der Waals surface area contributed by atoms with Crippen molar-refractivity contribution < 1.29 is 4.79 Å². The van der Waals surface area contributed by atoms with Crippen molar-refractivity contribution in [1.82, 2.24) is 39.9 Å². The van der Waals surface area contributed by atoms with Crippen molar-refractivity contribution in [2.24, 2.45) is 0 Å². The topological polar surface area (TPSA) is 119 Å². The summed E-state index contributed by atoms with van der Waals surface area (Å²) in [6, 6.07) is 18.1. The van der Waals surface area contributed by atoms with Crippen LogP contribution in [0.3, 0.4) is 0 Å². The minimum absolute atomic E-state index is 0.110. The summed E-state index contributed by atoms with van der Waals surface area (Å²) in [5.74, 6) is 0. The Labute approximate surface area is 230 Å². The molecule has 0 spiro atoms. The molecule has 10 heteroatoms. The Balaban J connectivity index is 1.20. The van der Waals surface area contributed by atoms with Crippen molar-refractivity contribution in [2.45, 2.75) is 0 Å². The van der Waals surface area contributed by atoms with Gasteiger partial charge in [0.1, 0.15) is 0 Å². The van der Waals surface area contributed by atoms with Gasteiger partial charge in [-0.3, -0.25) is 15.1 Å². The minimum atomic E-state index is -0.110. The summed E-state index contributed by atoms with van der Waals surface area (Å²) in [5, 5.41) is 12.6. The molecular formula is C30H27N9O. The van der Waals surface area contributed by atoms with Gasteiger partial charge in [-0.15, -0.1) is 0 Å². The second kappa shape index (κ2) is 9.90. The van der Waals surface area contributed by atoms with Crippen LogP contribution in [0.1, 0.15) is 0 Å². The molecule has 7 rings (SSSR count). The normalized spacial score (nSPS) is 14.2. The number of anilines is 1. The molecule has 0 aliphatic carbocycles. The molecular weight excluding hydrogens is 502 g/mol. The van der Waals surface area contributed by atoms with Crippen LogP contribution in [0.2, 0.25) is 0 Å². The molecule has 0 unspecified atom stereocenters. The summed E-state index contributed by atoms with van der Waals surface area (Å²) in [7, 11) is 2.07. The number of carbonyl (C=O) groups is 1. The first-order valence-corrected chi connectivity index (χ1v) is 13.2. The Morgan fingerprint density at radius 1 is 0.900 bits per heavy atom. The number of nitrogens with zero attached hydrogens (tertiary/aromatic N) is 6. The first-order valence-electron chi connectivity index (χ1n) is 13.2. The van der Waals surface area contributed by atoms with Crippen molar-refractivity contribution in [3.05, 3.63) is 79.4 Å². The quantitative estimate of drug-likeness (QED) is 0.295. The molecule has 1 aliphatic heterocycles. The molecule has 1 aliphatic rings. The van der Waals surface area contributed by atoms with E-state index in [2.05, 4.69) is 71.7 Å². The number of urea groups is 1. The molecule has 2 amide bonds. The van der Waals surface area contributed by atoms with Gasteiger partial charge in [-0.25, -0.2) is 9.78 Å². The van der Waals surface area contributed by atoms with Crippen molar-refractivity contribution in [3.63, 3.8) is 0 Å². The summed E-state index contributed by atoms with van der Waals surface area (Å²) in [6.45, 7) is 3.14. The fourth-order valence-corrected chi connectivity index (χ4v) is 5.18. The lowest BCUT2D eigenvalue weighted by Crippen LogP contribution is -2.48. The number of aromatic amines is 2. The maximum Gasteiger partial charge on any atom is 0.321 e. The van der Waals surface area contributed by atoms with Gasteiger partial charge in [0, 0.05) is 77.7 Å². The third-order valence-electron chi connectivity index (χ3n) is 7.40. The summed E-state index contributed by atoms with van der Waals surface area (Å²) >= 11 is 0. The number of fused-ring (bicyclic) bond motifs is 2. The molecule has 5 aromatic heterocycles. The van der Waals surface area contributed by atoms with E-state index in [4.69, 9.17) is 0 Å². The molecule has 0 bridgehead atoms. The highest BCUT2D eigenvalue weighted by molar-refractivity contribution is 6.00. The van der Waals surface area contributed by atoms with Gasteiger partial charge in [-0.05, 0) is 43.4 Å². The lowest BCUT2D eigenvalue weighted by atomic mass is 10.1. The predicted molar refractivity (Wildman–Crippen MR) is 156 cm³/mol. The first-order chi connectivity index (χ1) is 19.6. The zero-order valence-electron chi connectivity index (χ0n) is 21.9. The van der Waals surface area contributed by atoms with E-state index in [1.165, 1.54) is 0 Å². The van der Waals surface area contributed by atoms with Crippen LogP contribution in [0.5, 0.6) is 0 Å². The Hall–Kier alpha value is -5.09. The average Bonchev–Trinajstić information content (AvgIpc) is 3.62. The second-order valence-corrected chi connectivity index (χ2v) is 10.0. The molecule has 0 radical (unpaired) electrons. The fourth-order valence-electron chi connectivity index (χ4n) is 5.18. The van der Waals surface area contributed by atoms with Crippen LogP contribution in [-0.4, -0.2) is 79.2 Å². The van der Waals surface area contributed by atoms with E-state index >= 15 is 0 Å². The highest BCUT2D eigenvalue weighted by atomic mass is 16.2. The predicted octanol–water partition coefficient (Wildman–Crippen LogP) is 5.01. The van der Waals surface area contributed by atoms with Gasteiger partial charge in [-0.1, -0.05) is 18.2 Å². The number of pyridine rings is 3. The van der Waals surface area contributed by atoms with Crippen molar-refractivity contribution in [3.8, 4) is 33.8 Å². The maximum atomic E-state index is 12.8. The van der Waals surface area contributed by atoms with E-state index in [1.807, 2.05) is 35.2 Å². The number of benzene rings is 1. The number of aromatic nitrogens is 6. The molecule has 6 aromatic rings. The molecule has 0 saturated carbocycles. The van der Waals surface area contributed by atoms with Crippen molar-refractivity contribution in [1.29, 1.82) is 0 Å². The third kappa shape index (κ3) is 4.44. The lowest BCUT2D eigenvalue weighted by Gasteiger charge is -2.32. The van der Waals surface area contributed by atoms with E-state index in [1.54, 1.807) is 24.8 Å². The fraction of sp³-hybridized carbons (Fsp3) is 0.167. The molecule has 198 valence electrons. The summed E-state index contributed by atoms with van der Waals surface area (Å²) < 4.78 is 0. The Kier molecular flexibility index (Phi) is 5.94. The van der Waals surface area contributed by atoms with Gasteiger partial charge < -0.3 is 20.1 Å². The van der Waals surface area contributed by atoms with E-state index in [-0.39, 0.29) is 6.03 Å². The second-order valence-electron chi connectivity index (χ2n) is 10.0. The molecule has 6 heterocycles. The van der Waals surface area contributed by atoms with E-state index in [9.17, 15) is 4.79 Å². The molecule has 3 N–H and O–H groups in total. The largest absolute Gasteiger partial charge is 0.353 e. The third-order valence-corrected chi connectivity index (χ3v) is 7.40. The van der Waals surface area contributed by atoms with E-state index in [0.29, 0.717) is 24.4 Å². The molecule has 10 nitrogen and oxygen atoms in total. The van der Waals surface area contributed by atoms with Crippen molar-refractivity contribution in [2.75, 3.05) is 38.5 Å². The van der Waals surface area contributed by atoms with Crippen LogP contribution in [0.25, 0.3) is 55.7 Å². The monoisotopic (exact) mass is 529 g/mol. The Morgan fingerprint density at radius 3 is 2.62 bits per heavy atom. The van der Waals surface area contributed by atoms with Gasteiger partial charge in [0.25, 0.3) is 0 Å². The number of H-pyrrole nitrogens is 2. The number of amides is 2. The van der Waals surface area contributed by atoms with Crippen molar-refractivity contribution >= 4 is 33.7 Å². The van der Waals surface area contributed by atoms with E-state index < -0.39 is 0 Å². The van der Waals surface area contributed by atoms with Gasteiger partial charge in [0.2, 0.25) is 0 Å². The first kappa shape index (κ1) is 24.0. The molecule has 0 atom stereocenters. The van der Waals surface area contributed by atoms with Crippen LogP contribution in [0, 0.1) is 0 Å². The van der Waals surface area contributed by atoms with Gasteiger partial charge in [-0.2, -0.15) is 5.10 Å². The average molecular weight is 530 g/mol. The molecule has 1 fully saturated rings. The standard InChI is InChI=1S/C30H27N9O/c1-38-9-11-39(12-10-38)30(40)34-21-13-19(16-31-18-21)20-14-24-28(36-37-29(24)33-17-20)27-15-23-22(5-4-7-26(23)35-27)25-6-2-3-8-32-25/h2-8,13-18,35H,9-12H2,1H3,(H,34,40)(H,33,36,37). The van der Waals surface area contributed by atoms with Gasteiger partial charge >= 0.3 is 6.03 Å². The zero-order valence-corrected chi connectivity index (χ0v) is 21.9. The zero-order chi connectivity index (χ0) is 27.1. The smallest absolute Gasteiger partial charge is 0.321 e. The Bertz CT molecular complexity index is 1830. The Morgan fingerprint density at radius 2 is 1.77 bits per heavy atom. The summed E-state index contributed by atoms with van der Waals surface area (Å²) in [5.41, 5.74) is 7.75. The highest BCUT2D eigenvalue weighted by Gasteiger charge is 2.19. The SMILES string of the molecule is CN1CCN(C(=O)Nc2cncc(-c3cnc4n[nH]c(-c5cc6c(-c7ccccn7)cccc6[nH]5)c4c3)c2)CC1. The van der Waals surface area contributed by atoms with E-state index in [0.717, 1.165) is 63.2 Å². The number of carbonyl (C=O) groups excluding carboxylic acids is 1. The molecule has 1 aromatic carbocycles. The number of nitrogens with one attached hydrogen (secondary N) is 3. The lowest BCUT2D eigenvalue weighted by molar-refractivity contribution is 0.164. The van der Waals surface area contributed by atoms with Crippen LogP contribution in [0.15, 0.2) is 79.4 Å². The van der Waals surface area contributed by atoms with Crippen LogP contribution in [0.4, 0.5) is 10.5 Å². The molecule has 40 heavy (non-hydrogen) atoms. The number of rotatable bonds is 4. The number of hydrogen-bond donors (Lipinski definition) is 3. The van der Waals surface area contributed by atoms with Gasteiger partial charge in [0.15, 0.2) is 5.65 Å². The van der Waals surface area contributed by atoms with Crippen LogP contribution in [-0.2, 0) is 0 Å². The highest BCUT2D eigenvalue weighted by Crippen LogP contribution is 2.34. The minimum Gasteiger partial charge on any atom is -0.353 e. The van der Waals surface area contributed by atoms with Crippen LogP contribution >= 0.6 is 0 Å².